The number of anilines is 6. The summed E-state index contributed by atoms with van der Waals surface area (Å²) in [6.07, 6.45) is 4.67. The molecule has 0 saturated heterocycles. The lowest BCUT2D eigenvalue weighted by Gasteiger charge is -2.44. The molecule has 16 aromatic rings. The standard InChI is InChI=1S/C110H109BN4O/c1-103(2,3)71-34-48-92-82(60-71)83-61-72(104(4,5)6)35-49-93(83)114(92)77-42-46-90-96(64-77)112(75-38-28-66(29-39-75)68-32-44-86-88(56-68)109(17,18)54-52-107(86,13)14)98-58-70(79-25-23-26-81-80-24-21-22-27-100(80)116-102(79)81)59-99-101(98)111(90)91-47-43-78(115-94-50-36-73(105(7,8)9)62-84(94)85-63-74(106(10,11)12)37-51-95(85)115)65-97(91)113(99)76-40-30-67(31-41-76)69-33-45-87-89(57-69)110(19,20)55-53-108(87,15)16/h21-51,56-65H,52-55H2,1-20H3. The number of aromatic nitrogens is 2. The highest BCUT2D eigenvalue weighted by molar-refractivity contribution is 7.00. The molecule has 0 spiro atoms. The highest BCUT2D eigenvalue weighted by atomic mass is 16.3. The lowest BCUT2D eigenvalue weighted by molar-refractivity contribution is 0.332. The SMILES string of the molecule is CC(C)(C)c1ccc2c(c1)c1cc(C(C)(C)C)ccc1n2-c1ccc2c(c1)N(c1ccc(-c3ccc4c(c3)C(C)(C)CCC4(C)C)cc1)c1cc(-c3cccc4c3oc3ccccc34)cc3c1B2c1ccc(-n2c4ccc(C(C)(C)C)cc4c4cc(C(C)(C)C)ccc42)cc1N3c1ccc(-c2ccc3c(c2)C(C)(C)CCC3(C)C)cc1. The van der Waals surface area contributed by atoms with Crippen LogP contribution in [0.2, 0.25) is 0 Å². The third-order valence-corrected chi connectivity index (χ3v) is 27.9. The fourth-order valence-corrected chi connectivity index (χ4v) is 20.5. The van der Waals surface area contributed by atoms with Crippen LogP contribution in [-0.2, 0) is 43.3 Å². The first-order chi connectivity index (χ1) is 55.0. The molecule has 0 N–H and O–H groups in total. The van der Waals surface area contributed by atoms with E-state index in [-0.39, 0.29) is 50.0 Å². The van der Waals surface area contributed by atoms with Gasteiger partial charge in [0, 0.05) is 83.4 Å². The molecular weight excluding hydrogens is 1400 g/mol. The molecule has 0 radical (unpaired) electrons. The number of rotatable bonds is 7. The number of benzene rings is 13. The zero-order valence-electron chi connectivity index (χ0n) is 71.8. The minimum absolute atomic E-state index is 0.0520. The van der Waals surface area contributed by atoms with E-state index >= 15 is 0 Å². The summed E-state index contributed by atoms with van der Waals surface area (Å²) in [7, 11) is 0. The van der Waals surface area contributed by atoms with Gasteiger partial charge in [-0.05, 0) is 273 Å². The van der Waals surface area contributed by atoms with Gasteiger partial charge in [0.2, 0.25) is 0 Å². The van der Waals surface area contributed by atoms with E-state index in [0.717, 1.165) is 91.4 Å². The van der Waals surface area contributed by atoms with Crippen LogP contribution in [0.5, 0.6) is 0 Å². The van der Waals surface area contributed by atoms with E-state index in [1.54, 1.807) is 0 Å². The molecule has 20 rings (SSSR count). The molecule has 6 heteroatoms. The third-order valence-electron chi connectivity index (χ3n) is 27.9. The van der Waals surface area contributed by atoms with Crippen LogP contribution in [0.1, 0.15) is 209 Å². The van der Waals surface area contributed by atoms with E-state index in [1.807, 2.05) is 0 Å². The predicted octanol–water partition coefficient (Wildman–Crippen LogP) is 28.8. The van der Waals surface area contributed by atoms with Crippen LogP contribution < -0.4 is 26.2 Å². The van der Waals surface area contributed by atoms with E-state index < -0.39 is 0 Å². The number of furan rings is 1. The summed E-state index contributed by atoms with van der Waals surface area (Å²) in [5.74, 6) is 0. The molecule has 0 atom stereocenters. The Morgan fingerprint density at radius 2 is 0.638 bits per heavy atom. The quantitative estimate of drug-likeness (QED) is 0.149. The summed E-state index contributed by atoms with van der Waals surface area (Å²) in [4.78, 5) is 5.27. The number of para-hydroxylation sites is 2. The topological polar surface area (TPSA) is 29.5 Å². The van der Waals surface area contributed by atoms with Crippen LogP contribution in [0.25, 0.3) is 110 Å². The van der Waals surface area contributed by atoms with Crippen molar-refractivity contribution in [1.82, 2.24) is 9.13 Å². The highest BCUT2D eigenvalue weighted by Crippen LogP contribution is 2.54. The van der Waals surface area contributed by atoms with Gasteiger partial charge >= 0.3 is 0 Å². The average Bonchev–Trinajstić information content (AvgIpc) is 0.900. The Kier molecular flexibility index (Phi) is 16.0. The van der Waals surface area contributed by atoms with Crippen LogP contribution in [0.3, 0.4) is 0 Å². The van der Waals surface area contributed by atoms with Gasteiger partial charge in [-0.3, -0.25) is 0 Å². The van der Waals surface area contributed by atoms with Gasteiger partial charge in [-0.25, -0.2) is 0 Å². The van der Waals surface area contributed by atoms with E-state index in [0.29, 0.717) is 0 Å². The summed E-state index contributed by atoms with van der Waals surface area (Å²) >= 11 is 0. The number of nitrogens with zero attached hydrogens (tertiary/aromatic N) is 4. The Morgan fingerprint density at radius 3 is 1.03 bits per heavy atom. The maximum Gasteiger partial charge on any atom is 0.252 e. The van der Waals surface area contributed by atoms with Crippen LogP contribution in [0.15, 0.2) is 253 Å². The minimum Gasteiger partial charge on any atom is -0.455 e. The molecular formula is C110H109BN4O. The zero-order chi connectivity index (χ0) is 80.8. The lowest BCUT2D eigenvalue weighted by atomic mass is 9.33. The molecule has 4 aliphatic rings. The van der Waals surface area contributed by atoms with Crippen molar-refractivity contribution in [1.29, 1.82) is 0 Å². The second kappa shape index (κ2) is 25.2. The molecule has 0 fully saturated rings. The van der Waals surface area contributed by atoms with Gasteiger partial charge in [0.05, 0.1) is 22.1 Å². The summed E-state index contributed by atoms with van der Waals surface area (Å²) in [6.45, 7) is 47.3. The molecule has 0 bridgehead atoms. The average molecular weight is 1510 g/mol. The summed E-state index contributed by atoms with van der Waals surface area (Å²) in [6, 6.07) is 98.1. The van der Waals surface area contributed by atoms with Gasteiger partial charge in [0.15, 0.2) is 0 Å². The summed E-state index contributed by atoms with van der Waals surface area (Å²) < 4.78 is 12.3. The normalized spacial score (nSPS) is 16.2. The fourth-order valence-electron chi connectivity index (χ4n) is 20.5. The van der Waals surface area contributed by atoms with E-state index in [1.165, 1.54) is 140 Å². The molecule has 2 aliphatic heterocycles. The second-order valence-electron chi connectivity index (χ2n) is 41.5. The highest BCUT2D eigenvalue weighted by Gasteiger charge is 2.46. The van der Waals surface area contributed by atoms with Gasteiger partial charge in [-0.15, -0.1) is 0 Å². The van der Waals surface area contributed by atoms with E-state index in [9.17, 15) is 0 Å². The largest absolute Gasteiger partial charge is 0.455 e. The number of hydrogen-bond acceptors (Lipinski definition) is 3. The Hall–Kier alpha value is -11.1. The van der Waals surface area contributed by atoms with Crippen molar-refractivity contribution in [3.63, 3.8) is 0 Å². The van der Waals surface area contributed by atoms with Crippen molar-refractivity contribution < 1.29 is 4.42 Å². The van der Waals surface area contributed by atoms with E-state index in [2.05, 4.69) is 406 Å². The molecule has 5 nitrogen and oxygen atoms in total. The minimum atomic E-state index is -0.218. The van der Waals surface area contributed by atoms with Crippen LogP contribution in [0.4, 0.5) is 34.1 Å². The van der Waals surface area contributed by atoms with Gasteiger partial charge < -0.3 is 23.4 Å². The maximum absolute atomic E-state index is 7.18. The van der Waals surface area contributed by atoms with Crippen LogP contribution in [0, 0.1) is 0 Å². The summed E-state index contributed by atoms with van der Waals surface area (Å²) in [5, 5.41) is 7.28. The van der Waals surface area contributed by atoms with Gasteiger partial charge in [0.1, 0.15) is 11.2 Å². The second-order valence-corrected chi connectivity index (χ2v) is 41.5. The van der Waals surface area contributed by atoms with Crippen LogP contribution >= 0.6 is 0 Å². The predicted molar refractivity (Wildman–Crippen MR) is 498 cm³/mol. The smallest absolute Gasteiger partial charge is 0.252 e. The van der Waals surface area contributed by atoms with E-state index in [4.69, 9.17) is 4.42 Å². The number of hydrogen-bond donors (Lipinski definition) is 0. The zero-order valence-corrected chi connectivity index (χ0v) is 71.8. The first-order valence-corrected chi connectivity index (χ1v) is 42.6. The molecule has 0 saturated carbocycles. The van der Waals surface area contributed by atoms with Crippen LogP contribution in [-0.4, -0.2) is 15.8 Å². The molecule has 13 aromatic carbocycles. The number of fused-ring (bicyclic) bond motifs is 15. The Labute approximate surface area is 687 Å². The van der Waals surface area contributed by atoms with Crippen molar-refractivity contribution in [3.05, 3.63) is 293 Å². The molecule has 2 aliphatic carbocycles. The van der Waals surface area contributed by atoms with Gasteiger partial charge in [-0.2, -0.15) is 0 Å². The van der Waals surface area contributed by atoms with Gasteiger partial charge in [-0.1, -0.05) is 272 Å². The molecule has 3 aromatic heterocycles. The molecule has 5 heterocycles. The van der Waals surface area contributed by atoms with Crippen molar-refractivity contribution in [2.24, 2.45) is 0 Å². The van der Waals surface area contributed by atoms with Crippen molar-refractivity contribution >= 4 is 123 Å². The lowest BCUT2D eigenvalue weighted by Crippen LogP contribution is -2.61. The first kappa shape index (κ1) is 73.8. The Bertz CT molecular complexity index is 6320. The fraction of sp³-hybridized carbons (Fsp3) is 0.291. The Morgan fingerprint density at radius 1 is 0.284 bits per heavy atom. The summed E-state index contributed by atoms with van der Waals surface area (Å²) in [5.41, 5.74) is 37.5. The van der Waals surface area contributed by atoms with Crippen molar-refractivity contribution in [2.45, 2.75) is 207 Å². The molecule has 0 amide bonds. The van der Waals surface area contributed by atoms with Gasteiger partial charge in [0.25, 0.3) is 6.71 Å². The maximum atomic E-state index is 7.18. The monoisotopic (exact) mass is 1510 g/mol. The van der Waals surface area contributed by atoms with Crippen molar-refractivity contribution in [2.75, 3.05) is 9.80 Å². The third kappa shape index (κ3) is 11.6. The molecule has 578 valence electrons. The first-order valence-electron chi connectivity index (χ1n) is 42.6. The molecule has 0 unspecified atom stereocenters. The molecule has 116 heavy (non-hydrogen) atoms. The Balaban J connectivity index is 0.880. The van der Waals surface area contributed by atoms with Crippen molar-refractivity contribution in [3.8, 4) is 44.8 Å².